The molecule has 1 saturated heterocycles. The van der Waals surface area contributed by atoms with Gasteiger partial charge >= 0.3 is 0 Å². The van der Waals surface area contributed by atoms with Crippen LogP contribution in [-0.4, -0.2) is 54.7 Å². The number of carbonyl (C=O) groups excluding carboxylic acids is 3. The number of halogens is 1. The maximum Gasteiger partial charge on any atom is 0.252 e. The second-order valence-electron chi connectivity index (χ2n) is 9.55. The van der Waals surface area contributed by atoms with E-state index in [0.29, 0.717) is 29.1 Å². The van der Waals surface area contributed by atoms with E-state index in [4.69, 9.17) is 17.3 Å². The summed E-state index contributed by atoms with van der Waals surface area (Å²) in [6, 6.07) is 13.9. The molecule has 1 aliphatic rings. The van der Waals surface area contributed by atoms with Crippen molar-refractivity contribution >= 4 is 45.0 Å². The monoisotopic (exact) mass is 598 g/mol. The van der Waals surface area contributed by atoms with Gasteiger partial charge in [0.1, 0.15) is 6.04 Å². The Morgan fingerprint density at radius 2 is 1.78 bits per heavy atom. The molecule has 1 aliphatic heterocycles. The molecule has 0 saturated carbocycles. The van der Waals surface area contributed by atoms with E-state index in [1.807, 2.05) is 0 Å². The number of nitrogens with one attached hydrogen (secondary N) is 3. The van der Waals surface area contributed by atoms with Crippen molar-refractivity contribution in [2.75, 3.05) is 11.9 Å². The van der Waals surface area contributed by atoms with Crippen LogP contribution in [0.5, 0.6) is 0 Å². The summed E-state index contributed by atoms with van der Waals surface area (Å²) in [6.45, 7) is 0.579. The van der Waals surface area contributed by atoms with E-state index in [1.54, 1.807) is 48.5 Å². The van der Waals surface area contributed by atoms with Crippen molar-refractivity contribution in [2.24, 2.45) is 5.73 Å². The zero-order valence-corrected chi connectivity index (χ0v) is 23.7. The number of hydrogen-bond acceptors (Lipinski definition) is 7. The Labute approximate surface area is 243 Å². The molecular weight excluding hydrogens is 568 g/mol. The smallest absolute Gasteiger partial charge is 0.252 e. The Morgan fingerprint density at radius 1 is 1.05 bits per heavy atom. The Bertz CT molecular complexity index is 1490. The molecule has 1 unspecified atom stereocenters. The van der Waals surface area contributed by atoms with Crippen LogP contribution >= 0.6 is 11.6 Å². The van der Waals surface area contributed by atoms with Crippen LogP contribution in [0.2, 0.25) is 5.02 Å². The number of aromatic nitrogens is 1. The number of amides is 3. The molecule has 3 aromatic rings. The second kappa shape index (κ2) is 13.7. The maximum atomic E-state index is 13.8. The van der Waals surface area contributed by atoms with Crippen LogP contribution in [0, 0.1) is 0 Å². The van der Waals surface area contributed by atoms with Gasteiger partial charge in [-0.25, -0.2) is 8.42 Å². The van der Waals surface area contributed by atoms with Crippen molar-refractivity contribution in [1.29, 1.82) is 0 Å². The van der Waals surface area contributed by atoms with Crippen LogP contribution in [0.1, 0.15) is 29.5 Å². The number of anilines is 1. The number of benzene rings is 2. The van der Waals surface area contributed by atoms with Crippen LogP contribution < -0.4 is 21.1 Å². The van der Waals surface area contributed by atoms with Crippen molar-refractivity contribution in [1.82, 2.24) is 19.9 Å². The SMILES string of the molecule is NCc1ccc(Cl)cc1CNC(=O)[C@@H]1CCCN1C(=O)C(NS(=O)(=O)Cc1ccccc1)C(=O)Nc1ccncc1. The lowest BCUT2D eigenvalue weighted by Gasteiger charge is -2.28. The average molecular weight is 599 g/mol. The molecule has 0 radical (unpaired) electrons. The van der Waals surface area contributed by atoms with Crippen LogP contribution in [0.4, 0.5) is 5.69 Å². The first-order chi connectivity index (χ1) is 19.7. The molecule has 0 bridgehead atoms. The van der Waals surface area contributed by atoms with E-state index in [-0.39, 0.29) is 19.6 Å². The summed E-state index contributed by atoms with van der Waals surface area (Å²) in [4.78, 5) is 45.4. The third kappa shape index (κ3) is 8.10. The van der Waals surface area contributed by atoms with Crippen molar-refractivity contribution in [3.05, 3.63) is 94.8 Å². The lowest BCUT2D eigenvalue weighted by molar-refractivity contribution is -0.142. The first-order valence-corrected chi connectivity index (χ1v) is 15.0. The molecule has 0 spiro atoms. The number of nitrogens with two attached hydrogens (primary N) is 1. The summed E-state index contributed by atoms with van der Waals surface area (Å²) in [7, 11) is -4.14. The zero-order chi connectivity index (χ0) is 29.4. The van der Waals surface area contributed by atoms with E-state index < -0.39 is 45.6 Å². The second-order valence-corrected chi connectivity index (χ2v) is 11.7. The van der Waals surface area contributed by atoms with Gasteiger partial charge in [-0.3, -0.25) is 19.4 Å². The molecule has 216 valence electrons. The maximum absolute atomic E-state index is 13.8. The summed E-state index contributed by atoms with van der Waals surface area (Å²) in [6.07, 6.45) is 3.75. The van der Waals surface area contributed by atoms with E-state index in [2.05, 4.69) is 20.3 Å². The number of rotatable bonds is 11. The summed E-state index contributed by atoms with van der Waals surface area (Å²) >= 11 is 6.10. The third-order valence-electron chi connectivity index (χ3n) is 6.63. The first kappa shape index (κ1) is 30.1. The normalized spacial score (nSPS) is 15.8. The lowest BCUT2D eigenvalue weighted by Crippen LogP contribution is -2.57. The number of hydrogen-bond donors (Lipinski definition) is 4. The molecule has 1 aromatic heterocycles. The lowest BCUT2D eigenvalue weighted by atomic mass is 10.1. The summed E-state index contributed by atoms with van der Waals surface area (Å²) in [5, 5.41) is 5.88. The topological polar surface area (TPSA) is 164 Å². The van der Waals surface area contributed by atoms with Gasteiger partial charge in [0.25, 0.3) is 11.8 Å². The summed E-state index contributed by atoms with van der Waals surface area (Å²) in [5.41, 5.74) is 8.17. The molecule has 3 amide bonds. The van der Waals surface area contributed by atoms with Gasteiger partial charge < -0.3 is 21.3 Å². The van der Waals surface area contributed by atoms with Crippen LogP contribution in [0.15, 0.2) is 73.1 Å². The standard InChI is InChI=1S/C28H31ClN6O5S/c29-22-9-8-20(16-30)21(15-22)17-32-26(36)24-7-4-14-35(24)28(38)25(27(37)33-23-10-12-31-13-11-23)34-41(39,40)18-19-5-2-1-3-6-19/h1-3,5-6,8-13,15,24-25,34H,4,7,14,16-18,30H2,(H,32,36)(H,31,33,37)/t24-,25?/m0/s1. The van der Waals surface area contributed by atoms with Crippen LogP contribution in [-0.2, 0) is 43.2 Å². The van der Waals surface area contributed by atoms with Gasteiger partial charge in [-0.1, -0.05) is 48.0 Å². The van der Waals surface area contributed by atoms with Crippen molar-refractivity contribution in [2.45, 2.75) is 43.8 Å². The predicted octanol–water partition coefficient (Wildman–Crippen LogP) is 1.93. The van der Waals surface area contributed by atoms with Crippen LogP contribution in [0.3, 0.4) is 0 Å². The molecular formula is C28H31ClN6O5S. The molecule has 2 aromatic carbocycles. The molecule has 1 fully saturated rings. The average Bonchev–Trinajstić information content (AvgIpc) is 3.45. The third-order valence-corrected chi connectivity index (χ3v) is 8.18. The van der Waals surface area contributed by atoms with Gasteiger partial charge in [-0.2, -0.15) is 4.72 Å². The van der Waals surface area contributed by atoms with Crippen molar-refractivity contribution in [3.8, 4) is 0 Å². The summed E-state index contributed by atoms with van der Waals surface area (Å²) in [5.74, 6) is -2.57. The van der Waals surface area contributed by atoms with Gasteiger partial charge in [-0.15, -0.1) is 0 Å². The Kier molecular flexibility index (Phi) is 10.1. The van der Waals surface area contributed by atoms with E-state index in [1.165, 1.54) is 29.4 Å². The Morgan fingerprint density at radius 3 is 2.49 bits per heavy atom. The first-order valence-electron chi connectivity index (χ1n) is 13.0. The fraction of sp³-hybridized carbons (Fsp3) is 0.286. The van der Waals surface area contributed by atoms with Gasteiger partial charge in [-0.05, 0) is 53.8 Å². The molecule has 4 rings (SSSR count). The molecule has 5 N–H and O–H groups in total. The van der Waals surface area contributed by atoms with Crippen molar-refractivity contribution in [3.63, 3.8) is 0 Å². The highest BCUT2D eigenvalue weighted by molar-refractivity contribution is 7.88. The minimum Gasteiger partial charge on any atom is -0.350 e. The Balaban J connectivity index is 1.53. The zero-order valence-electron chi connectivity index (χ0n) is 22.1. The Hall–Kier alpha value is -3.84. The highest BCUT2D eigenvalue weighted by atomic mass is 35.5. The largest absolute Gasteiger partial charge is 0.350 e. The highest BCUT2D eigenvalue weighted by Crippen LogP contribution is 2.21. The van der Waals surface area contributed by atoms with E-state index in [9.17, 15) is 22.8 Å². The highest BCUT2D eigenvalue weighted by Gasteiger charge is 2.41. The van der Waals surface area contributed by atoms with E-state index >= 15 is 0 Å². The molecule has 41 heavy (non-hydrogen) atoms. The van der Waals surface area contributed by atoms with Crippen molar-refractivity contribution < 1.29 is 22.8 Å². The fourth-order valence-corrected chi connectivity index (χ4v) is 6.08. The van der Waals surface area contributed by atoms with Gasteiger partial charge in [0, 0.05) is 42.7 Å². The minimum absolute atomic E-state index is 0.139. The molecule has 13 heteroatoms. The molecule has 2 atom stereocenters. The fourth-order valence-electron chi connectivity index (χ4n) is 4.61. The van der Waals surface area contributed by atoms with Gasteiger partial charge in [0.15, 0.2) is 6.04 Å². The van der Waals surface area contributed by atoms with Crippen LogP contribution in [0.25, 0.3) is 0 Å². The number of pyridine rings is 1. The number of nitrogens with zero attached hydrogens (tertiary/aromatic N) is 2. The molecule has 11 nitrogen and oxygen atoms in total. The number of carbonyl (C=O) groups is 3. The van der Waals surface area contributed by atoms with Gasteiger partial charge in [0.05, 0.1) is 5.75 Å². The van der Waals surface area contributed by atoms with Gasteiger partial charge in [0.2, 0.25) is 15.9 Å². The quantitative estimate of drug-likeness (QED) is 0.245. The number of likely N-dealkylation sites (tertiary alicyclic amines) is 1. The molecule has 2 heterocycles. The minimum atomic E-state index is -4.14. The van der Waals surface area contributed by atoms with E-state index in [0.717, 1.165) is 11.1 Å². The summed E-state index contributed by atoms with van der Waals surface area (Å²) < 4.78 is 28.4. The molecule has 0 aliphatic carbocycles. The predicted molar refractivity (Wildman–Crippen MR) is 155 cm³/mol. The number of sulfonamides is 1.